The summed E-state index contributed by atoms with van der Waals surface area (Å²) in [6.45, 7) is 2.37. The number of fused-ring (bicyclic) bond motifs is 1. The Hall–Kier alpha value is -0.190. The van der Waals surface area contributed by atoms with Crippen LogP contribution in [0.1, 0.15) is 12.0 Å². The molecule has 0 saturated heterocycles. The van der Waals surface area contributed by atoms with Crippen LogP contribution in [0.5, 0.6) is 0 Å². The molecule has 0 fully saturated rings. The van der Waals surface area contributed by atoms with Crippen LogP contribution in [0.4, 0.5) is 5.69 Å². The largest absolute Gasteiger partial charge is 0.396 e. The average Bonchev–Trinajstić information content (AvgIpc) is 2.21. The summed E-state index contributed by atoms with van der Waals surface area (Å²) in [5, 5.41) is 9.05. The van der Waals surface area contributed by atoms with E-state index in [2.05, 4.69) is 46.9 Å². The first-order valence-corrected chi connectivity index (χ1v) is 7.18. The van der Waals surface area contributed by atoms with E-state index >= 15 is 0 Å². The first-order valence-electron chi connectivity index (χ1n) is 5.40. The van der Waals surface area contributed by atoms with Gasteiger partial charge in [0.2, 0.25) is 0 Å². The lowest BCUT2D eigenvalue weighted by atomic mass is 10.1. The normalized spacial score (nSPS) is 19.8. The van der Waals surface area contributed by atoms with Gasteiger partial charge in [-0.2, -0.15) is 0 Å². The molecule has 0 spiro atoms. The Morgan fingerprint density at radius 3 is 3.00 bits per heavy atom. The summed E-state index contributed by atoms with van der Waals surface area (Å²) < 4.78 is 1.15. The van der Waals surface area contributed by atoms with Crippen molar-refractivity contribution in [2.24, 2.45) is 0 Å². The van der Waals surface area contributed by atoms with Crippen LogP contribution in [-0.4, -0.2) is 30.6 Å². The predicted octanol–water partition coefficient (Wildman–Crippen LogP) is 3.05. The maximum Gasteiger partial charge on any atom is 0.0649 e. The van der Waals surface area contributed by atoms with Crippen molar-refractivity contribution in [3.05, 3.63) is 22.2 Å². The topological polar surface area (TPSA) is 23.5 Å². The average molecular weight is 302 g/mol. The van der Waals surface area contributed by atoms with E-state index in [9.17, 15) is 0 Å². The quantitative estimate of drug-likeness (QED) is 0.908. The Morgan fingerprint density at radius 2 is 2.31 bits per heavy atom. The van der Waals surface area contributed by atoms with Crippen molar-refractivity contribution in [1.82, 2.24) is 0 Å². The molecule has 4 heteroatoms. The molecule has 0 saturated carbocycles. The number of hydrogen-bond acceptors (Lipinski definition) is 3. The molecule has 1 aliphatic heterocycles. The lowest BCUT2D eigenvalue weighted by Crippen LogP contribution is -2.37. The van der Waals surface area contributed by atoms with Crippen molar-refractivity contribution in [2.75, 3.05) is 24.3 Å². The third-order valence-corrected chi connectivity index (χ3v) is 4.74. The fraction of sp³-hybridized carbons (Fsp3) is 0.500. The molecule has 2 nitrogen and oxygen atoms in total. The number of rotatable bonds is 2. The molecule has 0 radical (unpaired) electrons. The highest BCUT2D eigenvalue weighted by atomic mass is 79.9. The van der Waals surface area contributed by atoms with Crippen LogP contribution >= 0.6 is 27.7 Å². The number of hydrogen-bond donors (Lipinski definition) is 1. The van der Waals surface area contributed by atoms with Crippen molar-refractivity contribution >= 4 is 33.4 Å². The van der Waals surface area contributed by atoms with Crippen LogP contribution in [0.2, 0.25) is 0 Å². The number of aliphatic hydroxyl groups excluding tert-OH is 1. The molecule has 1 aromatic carbocycles. The van der Waals surface area contributed by atoms with Crippen LogP contribution in [-0.2, 0) is 0 Å². The van der Waals surface area contributed by atoms with Crippen LogP contribution in [0, 0.1) is 6.92 Å². The molecule has 88 valence electrons. The highest BCUT2D eigenvalue weighted by Gasteiger charge is 2.25. The number of anilines is 1. The fourth-order valence-corrected chi connectivity index (χ4v) is 4.47. The zero-order chi connectivity index (χ0) is 11.7. The minimum Gasteiger partial charge on any atom is -0.396 e. The third kappa shape index (κ3) is 2.24. The van der Waals surface area contributed by atoms with Gasteiger partial charge >= 0.3 is 0 Å². The van der Waals surface area contributed by atoms with E-state index in [-0.39, 0.29) is 6.61 Å². The molecule has 1 atom stereocenters. The summed E-state index contributed by atoms with van der Waals surface area (Å²) >= 11 is 5.52. The van der Waals surface area contributed by atoms with Gasteiger partial charge in [0.05, 0.1) is 5.69 Å². The zero-order valence-corrected chi connectivity index (χ0v) is 11.9. The Kier molecular flexibility index (Phi) is 3.82. The minimum absolute atomic E-state index is 0.258. The maximum atomic E-state index is 9.05. The Balaban J connectivity index is 2.36. The summed E-state index contributed by atoms with van der Waals surface area (Å²) in [6, 6.07) is 4.81. The molecule has 1 unspecified atom stereocenters. The van der Waals surface area contributed by atoms with Crippen LogP contribution < -0.4 is 4.90 Å². The van der Waals surface area contributed by atoms with Crippen LogP contribution in [0.15, 0.2) is 21.5 Å². The van der Waals surface area contributed by atoms with E-state index in [1.165, 1.54) is 16.1 Å². The van der Waals surface area contributed by atoms with Gasteiger partial charge in [-0.25, -0.2) is 0 Å². The van der Waals surface area contributed by atoms with E-state index in [0.717, 1.165) is 16.6 Å². The van der Waals surface area contributed by atoms with E-state index in [1.807, 2.05) is 11.8 Å². The molecule has 0 bridgehead atoms. The fourth-order valence-electron chi connectivity index (χ4n) is 2.06. The van der Waals surface area contributed by atoms with E-state index in [0.29, 0.717) is 6.04 Å². The van der Waals surface area contributed by atoms with Crippen molar-refractivity contribution in [3.63, 3.8) is 0 Å². The van der Waals surface area contributed by atoms with Gasteiger partial charge in [-0.05, 0) is 47.0 Å². The molecule has 0 aliphatic carbocycles. The van der Waals surface area contributed by atoms with Crippen LogP contribution in [0.3, 0.4) is 0 Å². The van der Waals surface area contributed by atoms with Gasteiger partial charge in [-0.3, -0.25) is 0 Å². The molecule has 0 amide bonds. The summed E-state index contributed by atoms with van der Waals surface area (Å²) in [6.07, 6.45) is 0.837. The lowest BCUT2D eigenvalue weighted by molar-refractivity contribution is 0.278. The van der Waals surface area contributed by atoms with Crippen molar-refractivity contribution in [1.29, 1.82) is 0 Å². The molecule has 1 aromatic rings. The number of aryl methyl sites for hydroxylation is 1. The number of aliphatic hydroxyl groups is 1. The molecule has 0 aromatic heterocycles. The Labute approximate surface area is 109 Å². The number of thioether (sulfide) groups is 1. The van der Waals surface area contributed by atoms with E-state index in [4.69, 9.17) is 5.11 Å². The minimum atomic E-state index is 0.258. The number of nitrogens with zero attached hydrogens (tertiary/aromatic N) is 1. The van der Waals surface area contributed by atoms with Gasteiger partial charge in [-0.15, -0.1) is 11.8 Å². The van der Waals surface area contributed by atoms with Crippen LogP contribution in [0.25, 0.3) is 0 Å². The summed E-state index contributed by atoms with van der Waals surface area (Å²) in [5.74, 6) is 1.06. The third-order valence-electron chi connectivity index (χ3n) is 2.97. The number of benzene rings is 1. The van der Waals surface area contributed by atoms with Crippen molar-refractivity contribution in [3.8, 4) is 0 Å². The summed E-state index contributed by atoms with van der Waals surface area (Å²) in [7, 11) is 2.11. The van der Waals surface area contributed by atoms with Gasteiger partial charge < -0.3 is 10.0 Å². The second kappa shape index (κ2) is 4.98. The highest BCUT2D eigenvalue weighted by Crippen LogP contribution is 2.42. The van der Waals surface area contributed by atoms with Gasteiger partial charge in [0.25, 0.3) is 0 Å². The molecule has 1 aliphatic rings. The summed E-state index contributed by atoms with van der Waals surface area (Å²) in [5.41, 5.74) is 2.55. The van der Waals surface area contributed by atoms with Crippen molar-refractivity contribution < 1.29 is 5.11 Å². The van der Waals surface area contributed by atoms with E-state index in [1.54, 1.807) is 0 Å². The second-order valence-electron chi connectivity index (χ2n) is 4.18. The first kappa shape index (κ1) is 12.3. The highest BCUT2D eigenvalue weighted by molar-refractivity contribution is 9.10. The Morgan fingerprint density at radius 1 is 1.56 bits per heavy atom. The van der Waals surface area contributed by atoms with Gasteiger partial charge in [0, 0.05) is 34.8 Å². The van der Waals surface area contributed by atoms with Gasteiger partial charge in [0.15, 0.2) is 0 Å². The van der Waals surface area contributed by atoms with Gasteiger partial charge in [0.1, 0.15) is 0 Å². The SMILES string of the molecule is Cc1cc(Br)c2c(c1)SCC(CCO)N2C. The first-order chi connectivity index (χ1) is 7.63. The Bertz CT molecular complexity index is 397. The monoisotopic (exact) mass is 301 g/mol. The molecule has 1 N–H and O–H groups in total. The molecule has 1 heterocycles. The second-order valence-corrected chi connectivity index (χ2v) is 6.10. The maximum absolute atomic E-state index is 9.05. The zero-order valence-electron chi connectivity index (χ0n) is 9.53. The van der Waals surface area contributed by atoms with Gasteiger partial charge in [-0.1, -0.05) is 0 Å². The standard InChI is InChI=1S/C12H16BrNOS/c1-8-5-10(13)12-11(6-8)16-7-9(3-4-15)14(12)2/h5-6,9,15H,3-4,7H2,1-2H3. The lowest BCUT2D eigenvalue weighted by Gasteiger charge is -2.36. The molecular weight excluding hydrogens is 286 g/mol. The molecule has 16 heavy (non-hydrogen) atoms. The number of halogens is 1. The van der Waals surface area contributed by atoms with Crippen molar-refractivity contribution in [2.45, 2.75) is 24.3 Å². The predicted molar refractivity (Wildman–Crippen MR) is 73.5 cm³/mol. The summed E-state index contributed by atoms with van der Waals surface area (Å²) in [4.78, 5) is 3.62. The molecular formula is C12H16BrNOS. The van der Waals surface area contributed by atoms with E-state index < -0.39 is 0 Å². The smallest absolute Gasteiger partial charge is 0.0649 e. The molecule has 2 rings (SSSR count).